The van der Waals surface area contributed by atoms with Gasteiger partial charge in [0.2, 0.25) is 0 Å². The van der Waals surface area contributed by atoms with Crippen molar-refractivity contribution in [2.75, 3.05) is 0 Å². The van der Waals surface area contributed by atoms with Gasteiger partial charge in [-0.05, 0) is 29.7 Å². The van der Waals surface area contributed by atoms with E-state index in [-0.39, 0.29) is 0 Å². The van der Waals surface area contributed by atoms with Gasteiger partial charge in [-0.2, -0.15) is 0 Å². The van der Waals surface area contributed by atoms with E-state index >= 15 is 0 Å². The van der Waals surface area contributed by atoms with Crippen molar-refractivity contribution in [1.29, 1.82) is 0 Å². The Kier molecular flexibility index (Phi) is 1.09. The highest BCUT2D eigenvalue weighted by Gasteiger charge is 2.18. The summed E-state index contributed by atoms with van der Waals surface area (Å²) in [5.74, 6) is 0. The van der Waals surface area contributed by atoms with Crippen molar-refractivity contribution in [2.24, 2.45) is 0 Å². The van der Waals surface area contributed by atoms with Gasteiger partial charge in [0, 0.05) is 20.2 Å². The van der Waals surface area contributed by atoms with Gasteiger partial charge in [-0.3, -0.25) is 0 Å². The Morgan fingerprint density at radius 2 is 1.36 bits per heavy atom. The molecule has 1 aromatic heterocycles. The summed E-state index contributed by atoms with van der Waals surface area (Å²) in [6.45, 7) is 0. The van der Waals surface area contributed by atoms with Crippen LogP contribution < -0.4 is 0 Å². The molecule has 0 atom stereocenters. The predicted molar refractivity (Wildman–Crippen MR) is 62.1 cm³/mol. The minimum atomic E-state index is 1.13. The summed E-state index contributed by atoms with van der Waals surface area (Å²) in [6.07, 6.45) is 1.13. The van der Waals surface area contributed by atoms with Crippen LogP contribution in [-0.2, 0) is 6.42 Å². The zero-order valence-electron chi connectivity index (χ0n) is 7.58. The first-order valence-corrected chi connectivity index (χ1v) is 5.67. The van der Waals surface area contributed by atoms with Gasteiger partial charge in [-0.15, -0.1) is 11.3 Å². The Labute approximate surface area is 85.8 Å². The van der Waals surface area contributed by atoms with E-state index in [0.29, 0.717) is 0 Å². The fourth-order valence-corrected chi connectivity index (χ4v) is 3.71. The summed E-state index contributed by atoms with van der Waals surface area (Å²) in [6, 6.07) is 13.3. The first-order chi connectivity index (χ1) is 6.93. The summed E-state index contributed by atoms with van der Waals surface area (Å²) >= 11 is 1.92. The molecule has 3 aromatic rings. The van der Waals surface area contributed by atoms with E-state index in [2.05, 4.69) is 36.4 Å². The Morgan fingerprint density at radius 3 is 1.93 bits per heavy atom. The van der Waals surface area contributed by atoms with Gasteiger partial charge < -0.3 is 0 Å². The van der Waals surface area contributed by atoms with Crippen molar-refractivity contribution >= 4 is 31.5 Å². The Balaban J connectivity index is 2.46. The molecule has 1 heteroatoms. The van der Waals surface area contributed by atoms with Crippen molar-refractivity contribution in [3.05, 3.63) is 47.5 Å². The second kappa shape index (κ2) is 2.18. The molecule has 14 heavy (non-hydrogen) atoms. The molecule has 0 aliphatic heterocycles. The minimum absolute atomic E-state index is 1.13. The predicted octanol–water partition coefficient (Wildman–Crippen LogP) is 3.96. The molecule has 0 saturated heterocycles. The molecule has 0 bridgehead atoms. The third kappa shape index (κ3) is 0.666. The maximum absolute atomic E-state index is 2.26. The van der Waals surface area contributed by atoms with Crippen LogP contribution in [0.3, 0.4) is 0 Å². The maximum Gasteiger partial charge on any atom is 0.0358 e. The molecule has 0 fully saturated rings. The van der Waals surface area contributed by atoms with Gasteiger partial charge in [-0.1, -0.05) is 24.3 Å². The highest BCUT2D eigenvalue weighted by molar-refractivity contribution is 7.25. The fourth-order valence-electron chi connectivity index (χ4n) is 2.51. The second-order valence-corrected chi connectivity index (χ2v) is 4.94. The highest BCUT2D eigenvalue weighted by Crippen LogP contribution is 2.42. The van der Waals surface area contributed by atoms with Gasteiger partial charge in [0.15, 0.2) is 0 Å². The average Bonchev–Trinajstić information content (AvgIpc) is 2.74. The molecular weight excluding hydrogens is 188 g/mol. The van der Waals surface area contributed by atoms with E-state index < -0.39 is 0 Å². The first-order valence-electron chi connectivity index (χ1n) is 4.85. The van der Waals surface area contributed by atoms with Crippen LogP contribution in [0.25, 0.3) is 20.2 Å². The molecule has 66 valence electrons. The first kappa shape index (κ1) is 7.02. The number of hydrogen-bond donors (Lipinski definition) is 0. The molecule has 0 amide bonds. The Bertz CT molecular complexity index is 605. The van der Waals surface area contributed by atoms with Gasteiger partial charge in [-0.25, -0.2) is 0 Å². The summed E-state index contributed by atoms with van der Waals surface area (Å²) in [5.41, 5.74) is 3.02. The number of hydrogen-bond acceptors (Lipinski definition) is 1. The van der Waals surface area contributed by atoms with Crippen molar-refractivity contribution in [1.82, 2.24) is 0 Å². The van der Waals surface area contributed by atoms with Gasteiger partial charge in [0.05, 0.1) is 0 Å². The molecule has 0 N–H and O–H groups in total. The molecular formula is C13H8S. The third-order valence-corrected chi connectivity index (χ3v) is 4.20. The average molecular weight is 196 g/mol. The largest absolute Gasteiger partial charge is 0.135 e. The second-order valence-electron chi connectivity index (χ2n) is 3.86. The van der Waals surface area contributed by atoms with Crippen molar-refractivity contribution in [3.63, 3.8) is 0 Å². The Morgan fingerprint density at radius 1 is 0.786 bits per heavy atom. The molecule has 0 nitrogen and oxygen atoms in total. The molecule has 0 saturated carbocycles. The zero-order valence-corrected chi connectivity index (χ0v) is 8.40. The number of rotatable bonds is 0. The van der Waals surface area contributed by atoms with E-state index in [4.69, 9.17) is 0 Å². The maximum atomic E-state index is 2.26. The van der Waals surface area contributed by atoms with E-state index in [1.54, 1.807) is 0 Å². The molecule has 2 aromatic carbocycles. The van der Waals surface area contributed by atoms with E-state index in [1.165, 1.54) is 31.3 Å². The number of benzene rings is 2. The van der Waals surface area contributed by atoms with Gasteiger partial charge in [0.1, 0.15) is 0 Å². The normalized spacial score (nSPS) is 13.4. The third-order valence-electron chi connectivity index (χ3n) is 3.08. The Hall–Kier alpha value is -1.34. The van der Waals surface area contributed by atoms with Crippen LogP contribution in [0.1, 0.15) is 11.1 Å². The van der Waals surface area contributed by atoms with Crippen LogP contribution in [0.5, 0.6) is 0 Å². The monoisotopic (exact) mass is 196 g/mol. The molecule has 0 radical (unpaired) electrons. The molecule has 4 rings (SSSR count). The SMILES string of the molecule is c1cc2c3c(c1)sc1cccc(c13)C2. The highest BCUT2D eigenvalue weighted by atomic mass is 32.1. The van der Waals surface area contributed by atoms with Crippen LogP contribution in [0.4, 0.5) is 0 Å². The lowest BCUT2D eigenvalue weighted by molar-refractivity contribution is 1.27. The van der Waals surface area contributed by atoms with E-state index in [1.807, 2.05) is 11.3 Å². The smallest absolute Gasteiger partial charge is 0.0358 e. The zero-order chi connectivity index (χ0) is 9.12. The lowest BCUT2D eigenvalue weighted by Crippen LogP contribution is -1.79. The number of thiophene rings is 1. The lowest BCUT2D eigenvalue weighted by Gasteiger charge is -1.96. The van der Waals surface area contributed by atoms with Crippen LogP contribution in [0, 0.1) is 0 Å². The quantitative estimate of drug-likeness (QED) is 0.399. The van der Waals surface area contributed by atoms with Crippen LogP contribution in [-0.4, -0.2) is 0 Å². The summed E-state index contributed by atoms with van der Waals surface area (Å²) in [7, 11) is 0. The molecule has 1 aliphatic rings. The van der Waals surface area contributed by atoms with Crippen LogP contribution in [0.2, 0.25) is 0 Å². The lowest BCUT2D eigenvalue weighted by atomic mass is 10.1. The van der Waals surface area contributed by atoms with Crippen molar-refractivity contribution < 1.29 is 0 Å². The summed E-state index contributed by atoms with van der Waals surface area (Å²) in [5, 5.41) is 3.03. The van der Waals surface area contributed by atoms with Crippen LogP contribution >= 0.6 is 11.3 Å². The van der Waals surface area contributed by atoms with E-state index in [0.717, 1.165) is 6.42 Å². The molecule has 1 heterocycles. The minimum Gasteiger partial charge on any atom is -0.135 e. The van der Waals surface area contributed by atoms with Crippen molar-refractivity contribution in [2.45, 2.75) is 6.42 Å². The summed E-state index contributed by atoms with van der Waals surface area (Å²) < 4.78 is 2.89. The van der Waals surface area contributed by atoms with Crippen molar-refractivity contribution in [3.8, 4) is 0 Å². The molecule has 0 unspecified atom stereocenters. The van der Waals surface area contributed by atoms with E-state index in [9.17, 15) is 0 Å². The van der Waals surface area contributed by atoms with Gasteiger partial charge in [0.25, 0.3) is 0 Å². The summed E-state index contributed by atoms with van der Waals surface area (Å²) in [4.78, 5) is 0. The standard InChI is InChI=1S/C13H8S/c1-3-8-7-9-4-2-6-11-13(9)12(8)10(5-1)14-11/h1-6H,7H2. The topological polar surface area (TPSA) is 0 Å². The molecule has 1 aliphatic carbocycles. The fraction of sp³-hybridized carbons (Fsp3) is 0.0769. The van der Waals surface area contributed by atoms with Gasteiger partial charge >= 0.3 is 0 Å². The molecule has 0 spiro atoms. The van der Waals surface area contributed by atoms with Crippen LogP contribution in [0.15, 0.2) is 36.4 Å².